The van der Waals surface area contributed by atoms with Crippen LogP contribution >= 0.6 is 0 Å². The smallest absolute Gasteiger partial charge is 0.248 e. The summed E-state index contributed by atoms with van der Waals surface area (Å²) in [4.78, 5) is 16.3. The second kappa shape index (κ2) is 15.3. The van der Waals surface area contributed by atoms with Gasteiger partial charge in [0.2, 0.25) is 5.91 Å². The van der Waals surface area contributed by atoms with E-state index in [1.807, 2.05) is 32.6 Å². The highest BCUT2D eigenvalue weighted by atomic mass is 16.5. The molecule has 0 N–H and O–H groups in total. The van der Waals surface area contributed by atoms with Gasteiger partial charge in [-0.15, -0.1) is 0 Å². The van der Waals surface area contributed by atoms with Gasteiger partial charge in [-0.05, 0) is 52.5 Å². The van der Waals surface area contributed by atoms with E-state index in [4.69, 9.17) is 9.47 Å². The molecule has 0 atom stereocenters. The van der Waals surface area contributed by atoms with Crippen molar-refractivity contribution in [1.82, 2.24) is 9.80 Å². The molecule has 2 heterocycles. The maximum Gasteiger partial charge on any atom is 0.248 e. The summed E-state index contributed by atoms with van der Waals surface area (Å²) >= 11 is 0. The predicted octanol–water partition coefficient (Wildman–Crippen LogP) is 4.20. The van der Waals surface area contributed by atoms with Crippen LogP contribution in [0.1, 0.15) is 74.1 Å². The van der Waals surface area contributed by atoms with E-state index in [0.717, 1.165) is 57.8 Å². The van der Waals surface area contributed by atoms with E-state index in [1.165, 1.54) is 0 Å². The van der Waals surface area contributed by atoms with Gasteiger partial charge in [-0.25, -0.2) is 0 Å². The first-order valence-corrected chi connectivity index (χ1v) is 11.0. The Morgan fingerprint density at radius 3 is 1.70 bits per heavy atom. The second-order valence-electron chi connectivity index (χ2n) is 8.31. The van der Waals surface area contributed by atoms with Crippen LogP contribution in [-0.4, -0.2) is 73.9 Å². The lowest BCUT2D eigenvalue weighted by Gasteiger charge is -2.36. The molecule has 0 bridgehead atoms. The number of amides is 1. The summed E-state index contributed by atoms with van der Waals surface area (Å²) in [6.07, 6.45) is 5.04. The van der Waals surface area contributed by atoms with Crippen LogP contribution in [0.15, 0.2) is 0 Å². The van der Waals surface area contributed by atoms with Crippen LogP contribution in [0, 0.1) is 5.92 Å². The fourth-order valence-corrected chi connectivity index (χ4v) is 2.96. The molecule has 0 aromatic carbocycles. The molecule has 27 heavy (non-hydrogen) atoms. The van der Waals surface area contributed by atoms with Crippen molar-refractivity contribution in [3.63, 3.8) is 0 Å². The number of nitrogens with zero attached hydrogens (tertiary/aromatic N) is 2. The Kier molecular flexibility index (Phi) is 14.9. The maximum absolute atomic E-state index is 12.0. The molecule has 2 saturated heterocycles. The zero-order chi connectivity index (χ0) is 20.8. The second-order valence-corrected chi connectivity index (χ2v) is 8.31. The Balaban J connectivity index is 0.000000998. The fourth-order valence-electron chi connectivity index (χ4n) is 2.96. The molecule has 0 aromatic heterocycles. The SMILES string of the molecule is CC.CC(C)C.CC(C)OCC(=O)N1CCC(OC2CCN(C)CC2)CC1. The van der Waals surface area contributed by atoms with Gasteiger partial charge in [0.25, 0.3) is 0 Å². The lowest BCUT2D eigenvalue weighted by atomic mass is 10.0. The third kappa shape index (κ3) is 13.2. The van der Waals surface area contributed by atoms with Crippen LogP contribution in [0.4, 0.5) is 0 Å². The molecule has 2 fully saturated rings. The van der Waals surface area contributed by atoms with E-state index in [2.05, 4.69) is 32.7 Å². The highest BCUT2D eigenvalue weighted by Gasteiger charge is 2.26. The molecule has 0 aromatic rings. The van der Waals surface area contributed by atoms with Crippen LogP contribution in [0.25, 0.3) is 0 Å². The van der Waals surface area contributed by atoms with Crippen LogP contribution in [-0.2, 0) is 14.3 Å². The first-order valence-electron chi connectivity index (χ1n) is 11.0. The van der Waals surface area contributed by atoms with Crippen molar-refractivity contribution in [1.29, 1.82) is 0 Å². The molecule has 2 aliphatic heterocycles. The van der Waals surface area contributed by atoms with Crippen molar-refractivity contribution in [2.75, 3.05) is 39.8 Å². The Labute approximate surface area is 168 Å². The Morgan fingerprint density at radius 2 is 1.30 bits per heavy atom. The average molecular weight is 387 g/mol. The fraction of sp³-hybridized carbons (Fsp3) is 0.955. The van der Waals surface area contributed by atoms with Gasteiger partial charge in [0.05, 0.1) is 18.3 Å². The number of hydrogen-bond donors (Lipinski definition) is 0. The van der Waals surface area contributed by atoms with Gasteiger partial charge in [0, 0.05) is 26.2 Å². The van der Waals surface area contributed by atoms with Crippen molar-refractivity contribution < 1.29 is 14.3 Å². The average Bonchev–Trinajstić information content (AvgIpc) is 2.63. The quantitative estimate of drug-likeness (QED) is 0.710. The van der Waals surface area contributed by atoms with Gasteiger partial charge >= 0.3 is 0 Å². The lowest BCUT2D eigenvalue weighted by molar-refractivity contribution is -0.141. The Morgan fingerprint density at radius 1 is 0.889 bits per heavy atom. The molecule has 1 amide bonds. The van der Waals surface area contributed by atoms with E-state index in [0.29, 0.717) is 12.2 Å². The number of rotatable bonds is 5. The molecule has 5 nitrogen and oxygen atoms in total. The minimum atomic E-state index is 0.110. The van der Waals surface area contributed by atoms with Gasteiger partial charge in [0.1, 0.15) is 6.61 Å². The highest BCUT2D eigenvalue weighted by molar-refractivity contribution is 5.77. The number of ether oxygens (including phenoxy) is 2. The number of piperidine rings is 2. The number of carbonyl (C=O) groups is 1. The summed E-state index contributed by atoms with van der Waals surface area (Å²) in [5, 5.41) is 0. The largest absolute Gasteiger partial charge is 0.375 e. The number of likely N-dealkylation sites (tertiary alicyclic amines) is 2. The zero-order valence-corrected chi connectivity index (χ0v) is 19.3. The van der Waals surface area contributed by atoms with Gasteiger partial charge in [0.15, 0.2) is 0 Å². The molecule has 0 radical (unpaired) electrons. The summed E-state index contributed by atoms with van der Waals surface area (Å²) in [5.41, 5.74) is 0. The minimum absolute atomic E-state index is 0.110. The summed E-state index contributed by atoms with van der Waals surface area (Å²) < 4.78 is 11.6. The minimum Gasteiger partial charge on any atom is -0.375 e. The third-order valence-electron chi connectivity index (χ3n) is 4.39. The molecule has 0 unspecified atom stereocenters. The lowest BCUT2D eigenvalue weighted by Crippen LogP contribution is -2.44. The van der Waals surface area contributed by atoms with Gasteiger partial charge in [-0.2, -0.15) is 0 Å². The van der Waals surface area contributed by atoms with E-state index in [9.17, 15) is 4.79 Å². The molecular formula is C22H46N2O3. The van der Waals surface area contributed by atoms with E-state index >= 15 is 0 Å². The highest BCUT2D eigenvalue weighted by Crippen LogP contribution is 2.20. The third-order valence-corrected chi connectivity index (χ3v) is 4.39. The molecule has 0 spiro atoms. The Bertz CT molecular complexity index is 356. The predicted molar refractivity (Wildman–Crippen MR) is 114 cm³/mol. The molecule has 2 aliphatic rings. The Hall–Kier alpha value is -0.650. The van der Waals surface area contributed by atoms with Gasteiger partial charge in [-0.1, -0.05) is 34.6 Å². The van der Waals surface area contributed by atoms with E-state index in [-0.39, 0.29) is 18.6 Å². The monoisotopic (exact) mass is 386 g/mol. The van der Waals surface area contributed by atoms with Crippen molar-refractivity contribution in [2.45, 2.75) is 92.5 Å². The molecule has 0 aliphatic carbocycles. The summed E-state index contributed by atoms with van der Waals surface area (Å²) in [5.74, 6) is 0.946. The summed E-state index contributed by atoms with van der Waals surface area (Å²) in [6.45, 7) is 18.5. The van der Waals surface area contributed by atoms with E-state index in [1.54, 1.807) is 0 Å². The van der Waals surface area contributed by atoms with Crippen LogP contribution < -0.4 is 0 Å². The molecular weight excluding hydrogens is 340 g/mol. The van der Waals surface area contributed by atoms with Crippen LogP contribution in [0.2, 0.25) is 0 Å². The first-order chi connectivity index (χ1) is 12.8. The van der Waals surface area contributed by atoms with Crippen molar-refractivity contribution >= 4 is 5.91 Å². The molecule has 0 saturated carbocycles. The van der Waals surface area contributed by atoms with Crippen molar-refractivity contribution in [2.24, 2.45) is 5.92 Å². The van der Waals surface area contributed by atoms with Crippen LogP contribution in [0.5, 0.6) is 0 Å². The molecule has 5 heteroatoms. The standard InChI is InChI=1S/C16H30N2O3.C4H10.C2H6/c1-13(2)20-12-16(19)18-10-6-15(7-11-18)21-14-4-8-17(3)9-5-14;1-4(2)3;1-2/h13-15H,4-12H2,1-3H3;4H,1-3H3;1-2H3. The van der Waals surface area contributed by atoms with Gasteiger partial charge < -0.3 is 19.3 Å². The van der Waals surface area contributed by atoms with Crippen molar-refractivity contribution in [3.05, 3.63) is 0 Å². The van der Waals surface area contributed by atoms with Gasteiger partial charge in [-0.3, -0.25) is 4.79 Å². The number of carbonyl (C=O) groups excluding carboxylic acids is 1. The number of hydrogen-bond acceptors (Lipinski definition) is 4. The zero-order valence-electron chi connectivity index (χ0n) is 19.3. The maximum atomic E-state index is 12.0. The molecule has 162 valence electrons. The van der Waals surface area contributed by atoms with Crippen LogP contribution in [0.3, 0.4) is 0 Å². The molecule has 2 rings (SSSR count). The van der Waals surface area contributed by atoms with Crippen molar-refractivity contribution in [3.8, 4) is 0 Å². The topological polar surface area (TPSA) is 42.0 Å². The normalized spacial score (nSPS) is 19.4. The summed E-state index contributed by atoms with van der Waals surface area (Å²) in [7, 11) is 2.17. The summed E-state index contributed by atoms with van der Waals surface area (Å²) in [6, 6.07) is 0. The van der Waals surface area contributed by atoms with E-state index < -0.39 is 0 Å². The first kappa shape index (κ1) is 26.4.